The van der Waals surface area contributed by atoms with Crippen LogP contribution in [0.5, 0.6) is 0 Å². The molecule has 1 amide bonds. The van der Waals surface area contributed by atoms with Crippen LogP contribution >= 0.6 is 0 Å². The number of amides is 1. The molecule has 0 spiro atoms. The largest absolute Gasteiger partial charge is 0.373 e. The maximum Gasteiger partial charge on any atom is 0.242 e. The first-order valence-corrected chi connectivity index (χ1v) is 9.74. The maximum absolute atomic E-state index is 12.4. The van der Waals surface area contributed by atoms with Gasteiger partial charge in [0.2, 0.25) is 15.9 Å². The monoisotopic (exact) mass is 369 g/mol. The summed E-state index contributed by atoms with van der Waals surface area (Å²) in [6.07, 6.45) is 0.179. The van der Waals surface area contributed by atoms with Crippen LogP contribution in [0.4, 0.5) is 5.69 Å². The smallest absolute Gasteiger partial charge is 0.242 e. The van der Waals surface area contributed by atoms with Crippen LogP contribution in [0.15, 0.2) is 23.1 Å². The zero-order chi connectivity index (χ0) is 18.8. The Bertz CT molecular complexity index is 723. The Kier molecular flexibility index (Phi) is 6.21. The Morgan fingerprint density at radius 2 is 1.88 bits per heavy atom. The van der Waals surface area contributed by atoms with E-state index in [1.54, 1.807) is 12.1 Å². The van der Waals surface area contributed by atoms with E-state index in [4.69, 9.17) is 4.74 Å². The van der Waals surface area contributed by atoms with Crippen LogP contribution in [-0.4, -0.2) is 69.5 Å². The standard InChI is InChI=1S/C17H27N3O4S/c1-12-6-7-15(25(22,23)19(4)5)8-16(12)18-17(21)11-20-9-13(2)24-14(3)10-20/h6-8,13-14H,9-11H2,1-5H3,(H,18,21). The molecule has 0 bridgehead atoms. The normalized spacial score (nSPS) is 22.2. The summed E-state index contributed by atoms with van der Waals surface area (Å²) in [5, 5.41) is 2.83. The van der Waals surface area contributed by atoms with E-state index >= 15 is 0 Å². The summed E-state index contributed by atoms with van der Waals surface area (Å²) in [6.45, 7) is 7.46. The van der Waals surface area contributed by atoms with Crippen LogP contribution in [0.3, 0.4) is 0 Å². The van der Waals surface area contributed by atoms with Crippen molar-refractivity contribution < 1.29 is 17.9 Å². The van der Waals surface area contributed by atoms with Gasteiger partial charge in [-0.15, -0.1) is 0 Å². The first-order chi connectivity index (χ1) is 11.6. The second-order valence-corrected chi connectivity index (χ2v) is 8.92. The van der Waals surface area contributed by atoms with Crippen molar-refractivity contribution in [1.82, 2.24) is 9.21 Å². The molecule has 1 fully saturated rings. The number of carbonyl (C=O) groups is 1. The highest BCUT2D eigenvalue weighted by Crippen LogP contribution is 2.22. The Morgan fingerprint density at radius 1 is 1.28 bits per heavy atom. The third-order valence-electron chi connectivity index (χ3n) is 4.12. The van der Waals surface area contributed by atoms with Crippen molar-refractivity contribution in [2.75, 3.05) is 39.0 Å². The first-order valence-electron chi connectivity index (χ1n) is 8.30. The molecule has 0 saturated carbocycles. The average molecular weight is 369 g/mol. The summed E-state index contributed by atoms with van der Waals surface area (Å²) < 4.78 is 31.3. The topological polar surface area (TPSA) is 79.0 Å². The lowest BCUT2D eigenvalue weighted by Crippen LogP contribution is -2.48. The fraction of sp³-hybridized carbons (Fsp3) is 0.588. The number of nitrogens with zero attached hydrogens (tertiary/aromatic N) is 2. The number of rotatable bonds is 5. The van der Waals surface area contributed by atoms with Gasteiger partial charge in [0.25, 0.3) is 0 Å². The molecule has 0 radical (unpaired) electrons. The van der Waals surface area contributed by atoms with E-state index in [0.717, 1.165) is 9.87 Å². The Hall–Kier alpha value is -1.48. The molecule has 1 aromatic carbocycles. The summed E-state index contributed by atoms with van der Waals surface area (Å²) in [5.74, 6) is -0.163. The number of hydrogen-bond acceptors (Lipinski definition) is 5. The molecule has 0 aliphatic carbocycles. The highest BCUT2D eigenvalue weighted by atomic mass is 32.2. The molecule has 1 aliphatic rings. The zero-order valence-electron chi connectivity index (χ0n) is 15.4. The van der Waals surface area contributed by atoms with Gasteiger partial charge in [-0.25, -0.2) is 12.7 Å². The van der Waals surface area contributed by atoms with Gasteiger partial charge < -0.3 is 10.1 Å². The summed E-state index contributed by atoms with van der Waals surface area (Å²) >= 11 is 0. The van der Waals surface area contributed by atoms with Gasteiger partial charge in [-0.1, -0.05) is 6.07 Å². The van der Waals surface area contributed by atoms with Crippen LogP contribution in [-0.2, 0) is 19.6 Å². The molecule has 140 valence electrons. The fourth-order valence-corrected chi connectivity index (χ4v) is 3.84. The highest BCUT2D eigenvalue weighted by Gasteiger charge is 2.24. The molecule has 25 heavy (non-hydrogen) atoms. The van der Waals surface area contributed by atoms with Gasteiger partial charge in [0.1, 0.15) is 0 Å². The Balaban J connectivity index is 2.10. The van der Waals surface area contributed by atoms with Crippen molar-refractivity contribution in [2.45, 2.75) is 37.9 Å². The van der Waals surface area contributed by atoms with Gasteiger partial charge in [-0.05, 0) is 38.5 Å². The molecule has 1 aliphatic heterocycles. The van der Waals surface area contributed by atoms with Crippen molar-refractivity contribution in [3.05, 3.63) is 23.8 Å². The Labute approximate surface area is 150 Å². The van der Waals surface area contributed by atoms with Crippen LogP contribution in [0.1, 0.15) is 19.4 Å². The van der Waals surface area contributed by atoms with Crippen LogP contribution in [0.2, 0.25) is 0 Å². The molecule has 2 rings (SSSR count). The van der Waals surface area contributed by atoms with Crippen LogP contribution in [0, 0.1) is 6.92 Å². The molecule has 1 heterocycles. The molecule has 1 N–H and O–H groups in total. The van der Waals surface area contributed by atoms with E-state index in [0.29, 0.717) is 18.8 Å². The second kappa shape index (κ2) is 7.82. The van der Waals surface area contributed by atoms with Crippen molar-refractivity contribution in [3.8, 4) is 0 Å². The molecule has 1 aromatic rings. The lowest BCUT2D eigenvalue weighted by Gasteiger charge is -2.34. The van der Waals surface area contributed by atoms with Crippen molar-refractivity contribution in [1.29, 1.82) is 0 Å². The minimum absolute atomic E-state index is 0.0897. The SMILES string of the molecule is Cc1ccc(S(=O)(=O)N(C)C)cc1NC(=O)CN1CC(C)OC(C)C1. The van der Waals surface area contributed by atoms with Gasteiger partial charge in [0, 0.05) is 32.9 Å². The molecule has 7 nitrogen and oxygen atoms in total. The first kappa shape index (κ1) is 19.8. The number of anilines is 1. The summed E-state index contributed by atoms with van der Waals surface area (Å²) in [5.41, 5.74) is 1.33. The number of hydrogen-bond donors (Lipinski definition) is 1. The van der Waals surface area contributed by atoms with Gasteiger partial charge in [0.05, 0.1) is 23.6 Å². The summed E-state index contributed by atoms with van der Waals surface area (Å²) in [4.78, 5) is 14.6. The highest BCUT2D eigenvalue weighted by molar-refractivity contribution is 7.89. The lowest BCUT2D eigenvalue weighted by atomic mass is 10.2. The number of ether oxygens (including phenoxy) is 1. The van der Waals surface area contributed by atoms with Crippen LogP contribution < -0.4 is 5.32 Å². The number of carbonyl (C=O) groups excluding carboxylic acids is 1. The molecule has 1 saturated heterocycles. The minimum Gasteiger partial charge on any atom is -0.373 e. The van der Waals surface area contributed by atoms with E-state index in [1.807, 2.05) is 25.7 Å². The predicted molar refractivity (Wildman–Crippen MR) is 97.1 cm³/mol. The van der Waals surface area contributed by atoms with Gasteiger partial charge in [-0.3, -0.25) is 9.69 Å². The third-order valence-corrected chi connectivity index (χ3v) is 5.94. The number of benzene rings is 1. The Morgan fingerprint density at radius 3 is 2.44 bits per heavy atom. The second-order valence-electron chi connectivity index (χ2n) is 6.76. The summed E-state index contributed by atoms with van der Waals surface area (Å²) in [7, 11) is -0.578. The molecule has 8 heteroatoms. The zero-order valence-corrected chi connectivity index (χ0v) is 16.3. The molecule has 2 unspecified atom stereocenters. The van der Waals surface area contributed by atoms with Gasteiger partial charge in [-0.2, -0.15) is 0 Å². The van der Waals surface area contributed by atoms with E-state index in [9.17, 15) is 13.2 Å². The van der Waals surface area contributed by atoms with E-state index in [2.05, 4.69) is 5.32 Å². The van der Waals surface area contributed by atoms with Crippen molar-refractivity contribution in [3.63, 3.8) is 0 Å². The number of nitrogens with one attached hydrogen (secondary N) is 1. The van der Waals surface area contributed by atoms with E-state index < -0.39 is 10.0 Å². The molecule has 0 aromatic heterocycles. The maximum atomic E-state index is 12.4. The summed E-state index contributed by atoms with van der Waals surface area (Å²) in [6, 6.07) is 4.75. The molecule has 2 atom stereocenters. The number of sulfonamides is 1. The van der Waals surface area contributed by atoms with Gasteiger partial charge in [0.15, 0.2) is 0 Å². The van der Waals surface area contributed by atoms with E-state index in [1.165, 1.54) is 20.2 Å². The minimum atomic E-state index is -3.54. The molecular formula is C17H27N3O4S. The average Bonchev–Trinajstić information content (AvgIpc) is 2.47. The van der Waals surface area contributed by atoms with Crippen molar-refractivity contribution >= 4 is 21.6 Å². The van der Waals surface area contributed by atoms with Crippen LogP contribution in [0.25, 0.3) is 0 Å². The third kappa shape index (κ3) is 5.01. The fourth-order valence-electron chi connectivity index (χ4n) is 2.91. The number of aryl methyl sites for hydroxylation is 1. The van der Waals surface area contributed by atoms with E-state index in [-0.39, 0.29) is 29.6 Å². The number of morpholine rings is 1. The molecular weight excluding hydrogens is 342 g/mol. The quantitative estimate of drug-likeness (QED) is 0.846. The van der Waals surface area contributed by atoms with Gasteiger partial charge >= 0.3 is 0 Å². The van der Waals surface area contributed by atoms with Crippen molar-refractivity contribution in [2.24, 2.45) is 0 Å². The lowest BCUT2D eigenvalue weighted by molar-refractivity contribution is -0.121. The predicted octanol–water partition coefficient (Wildman–Crippen LogP) is 1.29.